The molecule has 1 aliphatic heterocycles. The molecule has 1 aromatic heterocycles. The molecule has 1 saturated carbocycles. The fourth-order valence-electron chi connectivity index (χ4n) is 3.85. The van der Waals surface area contributed by atoms with Gasteiger partial charge in [0.15, 0.2) is 5.15 Å². The number of nitrogens with zero attached hydrogens (tertiary/aromatic N) is 2. The van der Waals surface area contributed by atoms with Crippen molar-refractivity contribution in [1.29, 1.82) is 0 Å². The van der Waals surface area contributed by atoms with Crippen molar-refractivity contribution in [1.82, 2.24) is 15.4 Å². The van der Waals surface area contributed by atoms with E-state index in [2.05, 4.69) is 15.4 Å². The van der Waals surface area contributed by atoms with Crippen LogP contribution in [0.3, 0.4) is 0 Å². The zero-order valence-electron chi connectivity index (χ0n) is 13.6. The van der Waals surface area contributed by atoms with Gasteiger partial charge in [0.1, 0.15) is 5.76 Å². The number of carbonyl (C=O) groups is 1. The summed E-state index contributed by atoms with van der Waals surface area (Å²) in [7, 11) is 0. The summed E-state index contributed by atoms with van der Waals surface area (Å²) in [6, 6.07) is 2.46. The van der Waals surface area contributed by atoms with Crippen LogP contribution in [0.15, 0.2) is 10.6 Å². The number of amides is 1. The van der Waals surface area contributed by atoms with Gasteiger partial charge in [0.25, 0.3) is 0 Å². The van der Waals surface area contributed by atoms with Crippen molar-refractivity contribution >= 4 is 17.5 Å². The van der Waals surface area contributed by atoms with E-state index in [1.54, 1.807) is 6.07 Å². The topological polar surface area (TPSA) is 58.4 Å². The molecule has 3 rings (SSSR count). The largest absolute Gasteiger partial charge is 0.360 e. The Balaban J connectivity index is 1.36. The van der Waals surface area contributed by atoms with Gasteiger partial charge in [-0.1, -0.05) is 29.6 Å². The van der Waals surface area contributed by atoms with E-state index < -0.39 is 0 Å². The molecule has 2 heterocycles. The first-order valence-electron chi connectivity index (χ1n) is 8.82. The highest BCUT2D eigenvalue weighted by atomic mass is 35.5. The smallest absolute Gasteiger partial charge is 0.220 e. The van der Waals surface area contributed by atoms with Crippen LogP contribution in [0.5, 0.6) is 0 Å². The lowest BCUT2D eigenvalue weighted by Crippen LogP contribution is -2.44. The third-order valence-corrected chi connectivity index (χ3v) is 5.29. The second-order valence-corrected chi connectivity index (χ2v) is 7.25. The fourth-order valence-corrected chi connectivity index (χ4v) is 4.01. The number of halogens is 1. The van der Waals surface area contributed by atoms with Crippen molar-refractivity contribution in [2.75, 3.05) is 19.6 Å². The summed E-state index contributed by atoms with van der Waals surface area (Å²) in [4.78, 5) is 14.6. The zero-order valence-corrected chi connectivity index (χ0v) is 14.4. The molecule has 0 aromatic carbocycles. The summed E-state index contributed by atoms with van der Waals surface area (Å²) in [6.45, 7) is 3.17. The van der Waals surface area contributed by atoms with E-state index in [1.165, 1.54) is 45.1 Å². The molecule has 1 aliphatic carbocycles. The first kappa shape index (κ1) is 16.8. The SMILES string of the molecule is O=C(CCc1cc(Cl)no1)NC[C@H]1CCCN(C2CCCC2)C1. The molecule has 0 radical (unpaired) electrons. The molecule has 6 heteroatoms. The second kappa shape index (κ2) is 8.15. The Morgan fingerprint density at radius 2 is 2.17 bits per heavy atom. The van der Waals surface area contributed by atoms with Gasteiger partial charge in [0.2, 0.25) is 5.91 Å². The Hall–Kier alpha value is -1.07. The van der Waals surface area contributed by atoms with Gasteiger partial charge < -0.3 is 14.7 Å². The summed E-state index contributed by atoms with van der Waals surface area (Å²) >= 11 is 5.70. The molecule has 2 aliphatic rings. The van der Waals surface area contributed by atoms with E-state index >= 15 is 0 Å². The molecule has 1 amide bonds. The maximum atomic E-state index is 12.0. The van der Waals surface area contributed by atoms with Crippen LogP contribution < -0.4 is 5.32 Å². The van der Waals surface area contributed by atoms with Crippen molar-refractivity contribution in [3.63, 3.8) is 0 Å². The van der Waals surface area contributed by atoms with Crippen LogP contribution in [0.4, 0.5) is 0 Å². The number of aryl methyl sites for hydroxylation is 1. The number of nitrogens with one attached hydrogen (secondary N) is 1. The quantitative estimate of drug-likeness (QED) is 0.865. The highest BCUT2D eigenvalue weighted by Gasteiger charge is 2.27. The minimum absolute atomic E-state index is 0.0792. The van der Waals surface area contributed by atoms with Gasteiger partial charge in [0.05, 0.1) is 0 Å². The highest BCUT2D eigenvalue weighted by Crippen LogP contribution is 2.27. The molecule has 23 heavy (non-hydrogen) atoms. The van der Waals surface area contributed by atoms with Gasteiger partial charge in [-0.2, -0.15) is 0 Å². The van der Waals surface area contributed by atoms with E-state index in [9.17, 15) is 4.79 Å². The average molecular weight is 340 g/mol. The van der Waals surface area contributed by atoms with Crippen LogP contribution in [0.1, 0.15) is 50.7 Å². The van der Waals surface area contributed by atoms with E-state index in [0.717, 1.165) is 19.1 Å². The lowest BCUT2D eigenvalue weighted by molar-refractivity contribution is -0.121. The minimum atomic E-state index is 0.0792. The fraction of sp³-hybridized carbons (Fsp3) is 0.765. The number of hydrogen-bond donors (Lipinski definition) is 1. The van der Waals surface area contributed by atoms with Crippen LogP contribution in [0.25, 0.3) is 0 Å². The van der Waals surface area contributed by atoms with E-state index in [1.807, 2.05) is 0 Å². The van der Waals surface area contributed by atoms with Crippen molar-refractivity contribution in [2.45, 2.75) is 57.4 Å². The summed E-state index contributed by atoms with van der Waals surface area (Å²) < 4.78 is 5.01. The molecule has 1 N–H and O–H groups in total. The number of likely N-dealkylation sites (tertiary alicyclic amines) is 1. The normalized spacial score (nSPS) is 23.3. The summed E-state index contributed by atoms with van der Waals surface area (Å²) in [5.41, 5.74) is 0. The van der Waals surface area contributed by atoms with Gasteiger partial charge in [-0.3, -0.25) is 4.79 Å². The third-order valence-electron chi connectivity index (χ3n) is 5.11. The molecule has 2 fully saturated rings. The first-order chi connectivity index (χ1) is 11.2. The van der Waals surface area contributed by atoms with Gasteiger partial charge in [-0.25, -0.2) is 0 Å². The maximum Gasteiger partial charge on any atom is 0.220 e. The Morgan fingerprint density at radius 1 is 1.35 bits per heavy atom. The zero-order chi connectivity index (χ0) is 16.1. The molecular weight excluding hydrogens is 314 g/mol. The highest BCUT2D eigenvalue weighted by molar-refractivity contribution is 6.29. The average Bonchev–Trinajstić information content (AvgIpc) is 3.23. The monoisotopic (exact) mass is 339 g/mol. The molecule has 1 atom stereocenters. The number of rotatable bonds is 6. The second-order valence-electron chi connectivity index (χ2n) is 6.86. The molecule has 0 bridgehead atoms. The first-order valence-corrected chi connectivity index (χ1v) is 9.20. The number of carbonyl (C=O) groups excluding carboxylic acids is 1. The summed E-state index contributed by atoms with van der Waals surface area (Å²) in [5, 5.41) is 7.04. The summed E-state index contributed by atoms with van der Waals surface area (Å²) in [5.74, 6) is 1.33. The van der Waals surface area contributed by atoms with Gasteiger partial charge in [-0.05, 0) is 38.1 Å². The molecule has 0 spiro atoms. The predicted octanol–water partition coefficient (Wildman–Crippen LogP) is 3.03. The number of hydrogen-bond acceptors (Lipinski definition) is 4. The molecule has 128 valence electrons. The molecule has 5 nitrogen and oxygen atoms in total. The lowest BCUT2D eigenvalue weighted by atomic mass is 9.96. The minimum Gasteiger partial charge on any atom is -0.360 e. The van der Waals surface area contributed by atoms with Crippen LogP contribution in [0, 0.1) is 5.92 Å². The number of aromatic nitrogens is 1. The molecule has 0 unspecified atom stereocenters. The molecular formula is C17H26ClN3O2. The molecule has 1 saturated heterocycles. The van der Waals surface area contributed by atoms with E-state index in [-0.39, 0.29) is 5.91 Å². The van der Waals surface area contributed by atoms with Crippen LogP contribution in [-0.2, 0) is 11.2 Å². The standard InChI is InChI=1S/C17H26ClN3O2/c18-16-10-15(23-20-16)7-8-17(22)19-11-13-4-3-9-21(12-13)14-5-1-2-6-14/h10,13-14H,1-9,11-12H2,(H,19,22)/t13-/m1/s1. The Morgan fingerprint density at radius 3 is 2.91 bits per heavy atom. The summed E-state index contributed by atoms with van der Waals surface area (Å²) in [6.07, 6.45) is 8.93. The Labute approximate surface area is 142 Å². The van der Waals surface area contributed by atoms with E-state index in [0.29, 0.717) is 29.7 Å². The maximum absolute atomic E-state index is 12.0. The van der Waals surface area contributed by atoms with Crippen molar-refractivity contribution in [3.8, 4) is 0 Å². The van der Waals surface area contributed by atoms with Crippen molar-refractivity contribution in [2.24, 2.45) is 5.92 Å². The van der Waals surface area contributed by atoms with Crippen molar-refractivity contribution in [3.05, 3.63) is 17.0 Å². The third kappa shape index (κ3) is 4.95. The Bertz CT molecular complexity index is 514. The van der Waals surface area contributed by atoms with E-state index in [4.69, 9.17) is 16.1 Å². The van der Waals surface area contributed by atoms with Crippen LogP contribution >= 0.6 is 11.6 Å². The van der Waals surface area contributed by atoms with Crippen LogP contribution in [-0.4, -0.2) is 41.6 Å². The lowest BCUT2D eigenvalue weighted by Gasteiger charge is -2.36. The van der Waals surface area contributed by atoms with Crippen LogP contribution in [0.2, 0.25) is 5.15 Å². The predicted molar refractivity (Wildman–Crippen MR) is 89.4 cm³/mol. The Kier molecular flexibility index (Phi) is 5.95. The van der Waals surface area contributed by atoms with Gasteiger partial charge in [0, 0.05) is 38.0 Å². The van der Waals surface area contributed by atoms with Gasteiger partial charge >= 0.3 is 0 Å². The molecule has 1 aromatic rings. The van der Waals surface area contributed by atoms with Crippen molar-refractivity contribution < 1.29 is 9.32 Å². The van der Waals surface area contributed by atoms with Gasteiger partial charge in [-0.15, -0.1) is 0 Å². The number of piperidine rings is 1.